The number of aliphatic hydroxyl groups excluding tert-OH is 2. The van der Waals surface area contributed by atoms with Crippen LogP contribution in [-0.4, -0.2) is 34.7 Å². The quantitative estimate of drug-likeness (QED) is 0.488. The highest BCUT2D eigenvalue weighted by Gasteiger charge is 2.23. The second-order valence-electron chi connectivity index (χ2n) is 2.75. The predicted octanol–water partition coefficient (Wildman–Crippen LogP) is -1.11. The number of nitrogens with two attached hydrogens (primary N) is 1. The van der Waals surface area contributed by atoms with Gasteiger partial charge in [0.25, 0.3) is 0 Å². The summed E-state index contributed by atoms with van der Waals surface area (Å²) in [5.41, 5.74) is 5.42. The largest absolute Gasteiger partial charge is 0.394 e. The molecule has 0 aromatic rings. The van der Waals surface area contributed by atoms with Crippen LogP contribution in [-0.2, 0) is 4.79 Å². The highest BCUT2D eigenvalue weighted by atomic mass is 16.3. The Kier molecular flexibility index (Phi) is 4.25. The van der Waals surface area contributed by atoms with E-state index in [9.17, 15) is 4.79 Å². The zero-order valence-electron chi connectivity index (χ0n) is 6.82. The van der Waals surface area contributed by atoms with Crippen molar-refractivity contribution in [3.05, 3.63) is 0 Å². The van der Waals surface area contributed by atoms with Crippen molar-refractivity contribution in [1.82, 2.24) is 0 Å². The van der Waals surface area contributed by atoms with Crippen LogP contribution in [0.25, 0.3) is 0 Å². The first kappa shape index (κ1) is 10.6. The van der Waals surface area contributed by atoms with Gasteiger partial charge in [-0.15, -0.1) is 0 Å². The van der Waals surface area contributed by atoms with Gasteiger partial charge in [0.15, 0.2) is 0 Å². The third-order valence-corrected chi connectivity index (χ3v) is 1.83. The second-order valence-corrected chi connectivity index (χ2v) is 2.75. The fourth-order valence-corrected chi connectivity index (χ4v) is 0.776. The Labute approximate surface area is 66.0 Å². The number of aliphatic hydroxyl groups is 2. The van der Waals surface area contributed by atoms with Gasteiger partial charge >= 0.3 is 0 Å². The van der Waals surface area contributed by atoms with Crippen LogP contribution < -0.4 is 5.73 Å². The topological polar surface area (TPSA) is 83.6 Å². The molecule has 0 aliphatic carbocycles. The average Bonchev–Trinajstić information content (AvgIpc) is 2.00. The summed E-state index contributed by atoms with van der Waals surface area (Å²) in [7, 11) is 0. The fourth-order valence-electron chi connectivity index (χ4n) is 0.776. The Bertz CT molecular complexity index is 138. The Morgan fingerprint density at radius 3 is 2.36 bits per heavy atom. The van der Waals surface area contributed by atoms with Gasteiger partial charge in [-0.05, 0) is 6.92 Å². The maximum atomic E-state index is 10.7. The molecule has 0 aliphatic heterocycles. The molecular formula is C7H15NO3. The highest BCUT2D eigenvalue weighted by Crippen LogP contribution is 2.06. The molecule has 66 valence electrons. The third-order valence-electron chi connectivity index (χ3n) is 1.83. The van der Waals surface area contributed by atoms with Crippen LogP contribution >= 0.6 is 0 Å². The Morgan fingerprint density at radius 1 is 1.64 bits per heavy atom. The molecular weight excluding hydrogens is 146 g/mol. The minimum absolute atomic E-state index is 0.176. The number of carbonyl (C=O) groups excluding carboxylic acids is 1. The molecule has 0 spiro atoms. The third kappa shape index (κ3) is 2.96. The lowest BCUT2D eigenvalue weighted by atomic mass is 9.94. The summed E-state index contributed by atoms with van der Waals surface area (Å²) in [5, 5.41) is 17.6. The molecule has 11 heavy (non-hydrogen) atoms. The van der Waals surface area contributed by atoms with E-state index in [1.165, 1.54) is 6.92 Å². The number of ketones is 1. The molecule has 0 bridgehead atoms. The van der Waals surface area contributed by atoms with Crippen molar-refractivity contribution in [3.63, 3.8) is 0 Å². The van der Waals surface area contributed by atoms with Crippen molar-refractivity contribution >= 4 is 5.78 Å². The molecule has 0 heterocycles. The van der Waals surface area contributed by atoms with Crippen LogP contribution in [0, 0.1) is 5.92 Å². The van der Waals surface area contributed by atoms with E-state index in [1.54, 1.807) is 6.92 Å². The highest BCUT2D eigenvalue weighted by molar-refractivity contribution is 5.81. The molecule has 0 saturated heterocycles. The normalized spacial score (nSPS) is 19.0. The van der Waals surface area contributed by atoms with Crippen LogP contribution in [0.15, 0.2) is 0 Å². The lowest BCUT2D eigenvalue weighted by Crippen LogP contribution is -2.42. The molecule has 0 amide bonds. The molecule has 0 aromatic carbocycles. The smallest absolute Gasteiger partial charge is 0.146 e. The van der Waals surface area contributed by atoms with Gasteiger partial charge in [-0.2, -0.15) is 0 Å². The van der Waals surface area contributed by atoms with Crippen LogP contribution in [0.1, 0.15) is 13.8 Å². The first-order valence-corrected chi connectivity index (χ1v) is 3.55. The maximum absolute atomic E-state index is 10.7. The zero-order chi connectivity index (χ0) is 9.02. The summed E-state index contributed by atoms with van der Waals surface area (Å²) in [6.07, 6.45) is -0.908. The van der Waals surface area contributed by atoms with Crippen molar-refractivity contribution in [1.29, 1.82) is 0 Å². The summed E-state index contributed by atoms with van der Waals surface area (Å²) < 4.78 is 0. The Balaban J connectivity index is 4.00. The van der Waals surface area contributed by atoms with Crippen molar-refractivity contribution in [2.45, 2.75) is 26.0 Å². The van der Waals surface area contributed by atoms with E-state index in [1.807, 2.05) is 0 Å². The van der Waals surface area contributed by atoms with Crippen molar-refractivity contribution in [3.8, 4) is 0 Å². The minimum atomic E-state index is -0.908. The number of hydrogen-bond donors (Lipinski definition) is 3. The first-order chi connectivity index (χ1) is 5.00. The molecule has 4 nitrogen and oxygen atoms in total. The van der Waals surface area contributed by atoms with Gasteiger partial charge in [0.1, 0.15) is 5.78 Å². The van der Waals surface area contributed by atoms with E-state index in [4.69, 9.17) is 15.9 Å². The Hall–Kier alpha value is -0.450. The maximum Gasteiger partial charge on any atom is 0.146 e. The molecule has 0 saturated carbocycles. The fraction of sp³-hybridized carbons (Fsp3) is 0.857. The van der Waals surface area contributed by atoms with Crippen LogP contribution in [0.4, 0.5) is 0 Å². The summed E-state index contributed by atoms with van der Waals surface area (Å²) in [5.74, 6) is -0.567. The minimum Gasteiger partial charge on any atom is -0.394 e. The van der Waals surface area contributed by atoms with Gasteiger partial charge in [-0.1, -0.05) is 6.92 Å². The summed E-state index contributed by atoms with van der Waals surface area (Å²) in [6.45, 7) is 2.64. The van der Waals surface area contributed by atoms with E-state index in [-0.39, 0.29) is 12.4 Å². The van der Waals surface area contributed by atoms with Gasteiger partial charge in [-0.3, -0.25) is 4.79 Å². The molecule has 0 radical (unpaired) electrons. The van der Waals surface area contributed by atoms with Crippen LogP contribution in [0.5, 0.6) is 0 Å². The van der Waals surface area contributed by atoms with E-state index in [0.29, 0.717) is 0 Å². The first-order valence-electron chi connectivity index (χ1n) is 3.55. The van der Waals surface area contributed by atoms with Crippen molar-refractivity contribution < 1.29 is 15.0 Å². The molecule has 0 rings (SSSR count). The number of rotatable bonds is 4. The zero-order valence-corrected chi connectivity index (χ0v) is 6.82. The summed E-state index contributed by atoms with van der Waals surface area (Å²) in [6, 6.07) is -0.683. The van der Waals surface area contributed by atoms with E-state index >= 15 is 0 Å². The van der Waals surface area contributed by atoms with E-state index in [2.05, 4.69) is 0 Å². The van der Waals surface area contributed by atoms with Crippen LogP contribution in [0.2, 0.25) is 0 Å². The van der Waals surface area contributed by atoms with Crippen molar-refractivity contribution in [2.24, 2.45) is 11.7 Å². The van der Waals surface area contributed by atoms with Gasteiger partial charge in [0.05, 0.1) is 18.8 Å². The van der Waals surface area contributed by atoms with Gasteiger partial charge in [-0.25, -0.2) is 0 Å². The molecule has 3 atom stereocenters. The van der Waals surface area contributed by atoms with Gasteiger partial charge in [0.2, 0.25) is 0 Å². The lowest BCUT2D eigenvalue weighted by Gasteiger charge is -2.20. The average molecular weight is 161 g/mol. The van der Waals surface area contributed by atoms with Crippen molar-refractivity contribution in [2.75, 3.05) is 6.61 Å². The van der Waals surface area contributed by atoms with Gasteiger partial charge < -0.3 is 15.9 Å². The standard InChI is InChI=1S/C7H15NO3/c1-4(6(11)3-9)7(8)5(2)10/h4,6-7,9,11H,3,8H2,1-2H3/t4-,6-,7-/m0/s1. The summed E-state index contributed by atoms with van der Waals surface area (Å²) in [4.78, 5) is 10.7. The predicted molar refractivity (Wildman–Crippen MR) is 40.9 cm³/mol. The van der Waals surface area contributed by atoms with E-state index in [0.717, 1.165) is 0 Å². The summed E-state index contributed by atoms with van der Waals surface area (Å²) >= 11 is 0. The van der Waals surface area contributed by atoms with E-state index < -0.39 is 18.1 Å². The molecule has 0 aromatic heterocycles. The molecule has 0 aliphatic rings. The van der Waals surface area contributed by atoms with Crippen LogP contribution in [0.3, 0.4) is 0 Å². The van der Waals surface area contributed by atoms with Gasteiger partial charge in [0, 0.05) is 5.92 Å². The molecule has 0 fully saturated rings. The molecule has 0 unspecified atom stereocenters. The molecule has 4 N–H and O–H groups in total. The number of carbonyl (C=O) groups is 1. The SMILES string of the molecule is CC(=O)[C@@H](N)[C@@H](C)[C@@H](O)CO. The molecule has 4 heteroatoms. The Morgan fingerprint density at radius 2 is 2.09 bits per heavy atom. The monoisotopic (exact) mass is 161 g/mol. The number of Topliss-reactive ketones (excluding diaryl/α,β-unsaturated/α-hetero) is 1. The lowest BCUT2D eigenvalue weighted by molar-refractivity contribution is -0.120. The second kappa shape index (κ2) is 4.43. The number of hydrogen-bond acceptors (Lipinski definition) is 4.